The van der Waals surface area contributed by atoms with Crippen LogP contribution < -0.4 is 11.1 Å². The number of aliphatic imine (C=N–C) groups is 1. The number of aliphatic hydroxyl groups excluding tert-OH is 1. The van der Waals surface area contributed by atoms with Crippen molar-refractivity contribution in [3.05, 3.63) is 17.7 Å². The number of carbonyl (C=O) groups excluding carboxylic acids is 2. The maximum absolute atomic E-state index is 13.0. The van der Waals surface area contributed by atoms with E-state index in [1.165, 1.54) is 56.6 Å². The maximum Gasteiger partial charge on any atom is 0.302 e. The fourth-order valence-electron chi connectivity index (χ4n) is 8.65. The number of aliphatic hydroxyl groups is 1. The summed E-state index contributed by atoms with van der Waals surface area (Å²) in [5.74, 6) is 1.33. The molecule has 7 atom stereocenters. The molecule has 2 saturated carbocycles. The highest BCUT2D eigenvalue weighted by Gasteiger charge is 2.44. The van der Waals surface area contributed by atoms with E-state index in [0.717, 1.165) is 64.3 Å². The van der Waals surface area contributed by atoms with Crippen molar-refractivity contribution >= 4 is 18.0 Å². The van der Waals surface area contributed by atoms with Gasteiger partial charge in [0.25, 0.3) is 0 Å². The highest BCUT2D eigenvalue weighted by molar-refractivity contribution is 5.84. The van der Waals surface area contributed by atoms with E-state index in [0.29, 0.717) is 36.0 Å². The van der Waals surface area contributed by atoms with E-state index in [1.54, 1.807) is 7.11 Å². The van der Waals surface area contributed by atoms with E-state index in [9.17, 15) is 14.7 Å². The van der Waals surface area contributed by atoms with Crippen LogP contribution in [-0.4, -0.2) is 61.2 Å². The lowest BCUT2D eigenvalue weighted by molar-refractivity contribution is -0.148. The molecule has 8 nitrogen and oxygen atoms in total. The Labute approximate surface area is 266 Å². The number of ether oxygens (including phenoxy) is 2. The molecule has 0 aromatic heterocycles. The molecule has 1 saturated heterocycles. The van der Waals surface area contributed by atoms with Gasteiger partial charge in [0.2, 0.25) is 0 Å². The summed E-state index contributed by atoms with van der Waals surface area (Å²) in [6, 6.07) is 0. The molecule has 0 amide bonds. The number of nitrogens with two attached hydrogens (primary N) is 1. The third kappa shape index (κ3) is 10.1. The van der Waals surface area contributed by atoms with Crippen LogP contribution in [0.3, 0.4) is 0 Å². The number of hydrogen-bond acceptors (Lipinski definition) is 8. The van der Waals surface area contributed by atoms with E-state index < -0.39 is 6.10 Å². The summed E-state index contributed by atoms with van der Waals surface area (Å²) >= 11 is 0. The first-order chi connectivity index (χ1) is 21.2. The molecule has 4 rings (SSSR count). The number of methoxy groups -OCH3 is 1. The van der Waals surface area contributed by atoms with E-state index in [-0.39, 0.29) is 36.5 Å². The molecular formula is C36H60N3O5+. The quantitative estimate of drug-likeness (QED) is 0.140. The van der Waals surface area contributed by atoms with Crippen molar-refractivity contribution in [2.75, 3.05) is 13.7 Å². The molecule has 0 radical (unpaired) electrons. The predicted octanol–water partition coefficient (Wildman–Crippen LogP) is 6.20. The molecule has 2 heterocycles. The van der Waals surface area contributed by atoms with Crippen LogP contribution in [0.25, 0.3) is 0 Å². The van der Waals surface area contributed by atoms with Gasteiger partial charge in [-0.1, -0.05) is 32.6 Å². The van der Waals surface area contributed by atoms with E-state index in [1.807, 2.05) is 0 Å². The van der Waals surface area contributed by atoms with Crippen LogP contribution in [0, 0.1) is 29.7 Å². The number of carbonyl (C=O) groups is 2. The number of esters is 1. The van der Waals surface area contributed by atoms with Gasteiger partial charge in [-0.15, -0.1) is 4.99 Å². The number of ketones is 1. The van der Waals surface area contributed by atoms with Crippen molar-refractivity contribution < 1.29 is 24.2 Å². The molecule has 0 spiro atoms. The van der Waals surface area contributed by atoms with Gasteiger partial charge in [0, 0.05) is 39.7 Å². The molecule has 5 unspecified atom stereocenters. The monoisotopic (exact) mass is 614 g/mol. The Morgan fingerprint density at radius 2 is 1.98 bits per heavy atom. The molecule has 0 aromatic carbocycles. The Morgan fingerprint density at radius 3 is 2.68 bits per heavy atom. The molecule has 8 heteroatoms. The minimum atomic E-state index is -0.409. The van der Waals surface area contributed by atoms with Gasteiger partial charge in [0.15, 0.2) is 6.21 Å². The van der Waals surface area contributed by atoms with Crippen molar-refractivity contribution in [2.24, 2.45) is 33.9 Å². The van der Waals surface area contributed by atoms with Gasteiger partial charge in [-0.05, 0) is 93.9 Å². The zero-order valence-electron chi connectivity index (χ0n) is 27.7. The first-order valence-corrected chi connectivity index (χ1v) is 17.7. The van der Waals surface area contributed by atoms with Crippen LogP contribution in [0.4, 0.5) is 0 Å². The molecule has 248 valence electrons. The number of hydrogen-bond donors (Lipinski definition) is 3. The fourth-order valence-corrected chi connectivity index (χ4v) is 8.65. The standard InChI is InChI=1S/C36H60N3O5/c1-4-26(9-12-32(44-25(2)40)21-31(41)11-8-27-10-13-33(42)34(19-27)43-3)18-28-23-38-24-29(28)22-36(15-6-5-7-16-36)30-14-17-39-35(37)20-30/h23-24,26-27,30,32-35,39,42H,4-22,37H2,1-3H3/q+1/t26-,27?,30?,32-,33?,34?,35?/m1/s1. The number of rotatable bonds is 16. The van der Waals surface area contributed by atoms with Crippen molar-refractivity contribution in [2.45, 2.75) is 154 Å². The SMILES string of the molecule is CC[C@H](CC[C@H](CC(=O)CCC1CCC(O)C(OC)C1)OC(C)=O)CC1=C(CC2(C3CCNC(N)C3)CCCCC2)C=N[CH+]1. The third-order valence-electron chi connectivity index (χ3n) is 11.3. The van der Waals surface area contributed by atoms with Crippen molar-refractivity contribution in [1.29, 1.82) is 0 Å². The molecule has 0 bridgehead atoms. The largest absolute Gasteiger partial charge is 0.462 e. The molecule has 4 N–H and O–H groups in total. The molecule has 2 aliphatic carbocycles. The topological polar surface area (TPSA) is 123 Å². The smallest absolute Gasteiger partial charge is 0.302 e. The summed E-state index contributed by atoms with van der Waals surface area (Å²) in [7, 11) is 1.64. The number of nitrogens with one attached hydrogen (secondary N) is 1. The van der Waals surface area contributed by atoms with E-state index >= 15 is 0 Å². The van der Waals surface area contributed by atoms with E-state index in [4.69, 9.17) is 15.2 Å². The lowest BCUT2D eigenvalue weighted by Gasteiger charge is -2.46. The average molecular weight is 615 g/mol. The summed E-state index contributed by atoms with van der Waals surface area (Å²) in [5, 5.41) is 13.5. The lowest BCUT2D eigenvalue weighted by atomic mass is 9.60. The Hall–Kier alpha value is -1.74. The Bertz CT molecular complexity index is 990. The van der Waals surface area contributed by atoms with Crippen LogP contribution in [-0.2, 0) is 19.1 Å². The average Bonchev–Trinajstić information content (AvgIpc) is 3.44. The predicted molar refractivity (Wildman–Crippen MR) is 175 cm³/mol. The van der Waals surface area contributed by atoms with Gasteiger partial charge in [-0.3, -0.25) is 9.59 Å². The summed E-state index contributed by atoms with van der Waals surface area (Å²) in [6.07, 6.45) is 18.9. The van der Waals surface area contributed by atoms with Crippen LogP contribution in [0.5, 0.6) is 0 Å². The zero-order valence-corrected chi connectivity index (χ0v) is 27.7. The number of Topliss-reactive ketones (excluding diaryl/α,β-unsaturated/α-hetero) is 1. The molecule has 0 aromatic rings. The Morgan fingerprint density at radius 1 is 1.18 bits per heavy atom. The zero-order chi connectivity index (χ0) is 31.5. The summed E-state index contributed by atoms with van der Waals surface area (Å²) in [5.41, 5.74) is 9.48. The van der Waals surface area contributed by atoms with Crippen LogP contribution in [0.15, 0.2) is 16.1 Å². The van der Waals surface area contributed by atoms with Crippen molar-refractivity contribution in [3.63, 3.8) is 0 Å². The molecule has 4 aliphatic rings. The van der Waals surface area contributed by atoms with Crippen molar-refractivity contribution in [3.8, 4) is 0 Å². The lowest BCUT2D eigenvalue weighted by Crippen LogP contribution is -2.49. The Balaban J connectivity index is 1.31. The van der Waals surface area contributed by atoms with Crippen LogP contribution in [0.1, 0.15) is 129 Å². The highest BCUT2D eigenvalue weighted by Crippen LogP contribution is 2.51. The normalized spacial score (nSPS) is 30.1. The minimum Gasteiger partial charge on any atom is -0.462 e. The van der Waals surface area contributed by atoms with Crippen LogP contribution in [0.2, 0.25) is 0 Å². The first-order valence-electron chi connectivity index (χ1n) is 17.7. The minimum absolute atomic E-state index is 0.107. The van der Waals surface area contributed by atoms with Gasteiger partial charge in [0.05, 0.1) is 23.9 Å². The molecule has 44 heavy (non-hydrogen) atoms. The Kier molecular flexibility index (Phi) is 13.8. The molecule has 3 fully saturated rings. The fraction of sp³-hybridized carbons (Fsp3) is 0.833. The first kappa shape index (κ1) is 35.1. The summed E-state index contributed by atoms with van der Waals surface area (Å²) in [6.45, 7) is 6.77. The van der Waals surface area contributed by atoms with Gasteiger partial charge in [-0.2, -0.15) is 0 Å². The molecular weight excluding hydrogens is 554 g/mol. The van der Waals surface area contributed by atoms with E-state index in [2.05, 4.69) is 30.0 Å². The van der Waals surface area contributed by atoms with Gasteiger partial charge in [0.1, 0.15) is 24.0 Å². The van der Waals surface area contributed by atoms with Crippen molar-refractivity contribution in [1.82, 2.24) is 5.32 Å². The third-order valence-corrected chi connectivity index (χ3v) is 11.3. The second kappa shape index (κ2) is 17.3. The summed E-state index contributed by atoms with van der Waals surface area (Å²) < 4.78 is 11.1. The number of piperidine rings is 1. The number of nitrogens with zero attached hydrogens (tertiary/aromatic N) is 1. The van der Waals surface area contributed by atoms with Gasteiger partial charge < -0.3 is 25.6 Å². The summed E-state index contributed by atoms with van der Waals surface area (Å²) in [4.78, 5) is 29.6. The second-order valence-electron chi connectivity index (χ2n) is 14.4. The number of allylic oxidation sites excluding steroid dienone is 1. The van der Waals surface area contributed by atoms with Crippen LogP contribution >= 0.6 is 0 Å². The second-order valence-corrected chi connectivity index (χ2v) is 14.4. The maximum atomic E-state index is 13.0. The van der Waals surface area contributed by atoms with Gasteiger partial charge >= 0.3 is 5.97 Å². The highest BCUT2D eigenvalue weighted by atomic mass is 16.5. The molecule has 2 aliphatic heterocycles. The van der Waals surface area contributed by atoms with Gasteiger partial charge in [-0.25, -0.2) is 0 Å².